The lowest BCUT2D eigenvalue weighted by molar-refractivity contribution is -0.122. The third-order valence-electron chi connectivity index (χ3n) is 5.84. The summed E-state index contributed by atoms with van der Waals surface area (Å²) in [5.74, 6) is -0.464. The average molecular weight is 517 g/mol. The van der Waals surface area contributed by atoms with Crippen molar-refractivity contribution < 1.29 is 14.0 Å². The quantitative estimate of drug-likeness (QED) is 0.290. The SMILES string of the molecule is CC(C)(CNC(=O)c1ccc(-c2ccccc2C#N)nc1NCCc1cccc(F)c1)NC(=O)CCCN. The number of rotatable bonds is 12. The van der Waals surface area contributed by atoms with Crippen molar-refractivity contribution in [2.75, 3.05) is 25.0 Å². The van der Waals surface area contributed by atoms with Crippen molar-refractivity contribution in [2.24, 2.45) is 5.73 Å². The first kappa shape index (κ1) is 28.3. The Bertz CT molecular complexity index is 1320. The first-order valence-electron chi connectivity index (χ1n) is 12.5. The number of nitrogens with two attached hydrogens (primary N) is 1. The van der Waals surface area contributed by atoms with Gasteiger partial charge < -0.3 is 21.7 Å². The smallest absolute Gasteiger partial charge is 0.255 e. The van der Waals surface area contributed by atoms with Gasteiger partial charge in [0.05, 0.1) is 28.4 Å². The number of carbonyl (C=O) groups is 2. The van der Waals surface area contributed by atoms with E-state index in [1.807, 2.05) is 26.0 Å². The number of halogens is 1. The van der Waals surface area contributed by atoms with Crippen LogP contribution in [0, 0.1) is 17.1 Å². The van der Waals surface area contributed by atoms with E-state index in [9.17, 15) is 19.2 Å². The number of hydrogen-bond acceptors (Lipinski definition) is 6. The van der Waals surface area contributed by atoms with Gasteiger partial charge in [0.2, 0.25) is 5.91 Å². The monoisotopic (exact) mass is 516 g/mol. The topological polar surface area (TPSA) is 133 Å². The van der Waals surface area contributed by atoms with Gasteiger partial charge in [-0.25, -0.2) is 9.37 Å². The summed E-state index contributed by atoms with van der Waals surface area (Å²) in [6, 6.07) is 19.0. The fourth-order valence-corrected chi connectivity index (χ4v) is 3.89. The molecular formula is C29H33FN6O2. The number of nitrogens with one attached hydrogen (secondary N) is 3. The van der Waals surface area contributed by atoms with Gasteiger partial charge in [0.15, 0.2) is 0 Å². The standard InChI is InChI=1S/C29H33FN6O2/c1-29(2,36-26(37)11-6-15-31)19-34-28(38)24-12-13-25(23-10-4-3-8-21(23)18-32)35-27(24)33-16-14-20-7-5-9-22(30)17-20/h3-5,7-10,12-13,17H,6,11,14-16,19,31H2,1-2H3,(H,33,35)(H,34,38)(H,36,37). The molecule has 8 nitrogen and oxygen atoms in total. The largest absolute Gasteiger partial charge is 0.369 e. The van der Waals surface area contributed by atoms with Gasteiger partial charge in [0, 0.05) is 25.1 Å². The minimum absolute atomic E-state index is 0.128. The van der Waals surface area contributed by atoms with E-state index in [1.54, 1.807) is 36.4 Å². The molecule has 1 heterocycles. The second-order valence-electron chi connectivity index (χ2n) is 9.56. The molecule has 0 spiro atoms. The summed E-state index contributed by atoms with van der Waals surface area (Å²) in [5.41, 5.74) is 7.58. The molecule has 0 aliphatic rings. The van der Waals surface area contributed by atoms with Crippen LogP contribution in [0.4, 0.5) is 10.2 Å². The summed E-state index contributed by atoms with van der Waals surface area (Å²) in [7, 11) is 0. The van der Waals surface area contributed by atoms with E-state index in [1.165, 1.54) is 12.1 Å². The number of pyridine rings is 1. The van der Waals surface area contributed by atoms with Gasteiger partial charge in [-0.1, -0.05) is 30.3 Å². The molecule has 3 rings (SSSR count). The van der Waals surface area contributed by atoms with Gasteiger partial charge in [0.1, 0.15) is 11.6 Å². The van der Waals surface area contributed by atoms with Crippen LogP contribution in [0.15, 0.2) is 60.7 Å². The lowest BCUT2D eigenvalue weighted by Gasteiger charge is -2.27. The Morgan fingerprint density at radius 3 is 2.63 bits per heavy atom. The first-order chi connectivity index (χ1) is 18.2. The molecule has 1 aromatic heterocycles. The number of carbonyl (C=O) groups excluding carboxylic acids is 2. The highest BCUT2D eigenvalue weighted by atomic mass is 19.1. The summed E-state index contributed by atoms with van der Waals surface area (Å²) in [5, 5.41) is 18.5. The molecule has 5 N–H and O–H groups in total. The van der Waals surface area contributed by atoms with Crippen molar-refractivity contribution in [1.82, 2.24) is 15.6 Å². The van der Waals surface area contributed by atoms with Crippen LogP contribution in [0.2, 0.25) is 0 Å². The van der Waals surface area contributed by atoms with E-state index in [0.29, 0.717) is 60.6 Å². The van der Waals surface area contributed by atoms with Crippen LogP contribution < -0.4 is 21.7 Å². The van der Waals surface area contributed by atoms with Crippen molar-refractivity contribution in [3.8, 4) is 17.3 Å². The highest BCUT2D eigenvalue weighted by molar-refractivity contribution is 5.99. The third-order valence-corrected chi connectivity index (χ3v) is 5.84. The second kappa shape index (κ2) is 13.3. The normalized spacial score (nSPS) is 10.9. The van der Waals surface area contributed by atoms with E-state index >= 15 is 0 Å². The van der Waals surface area contributed by atoms with Crippen LogP contribution in [-0.2, 0) is 11.2 Å². The van der Waals surface area contributed by atoms with Crippen LogP contribution in [-0.4, -0.2) is 42.0 Å². The Kier molecular flexibility index (Phi) is 9.91. The molecule has 2 amide bonds. The molecule has 0 bridgehead atoms. The molecule has 0 saturated heterocycles. The third kappa shape index (κ3) is 8.11. The van der Waals surface area contributed by atoms with Crippen molar-refractivity contribution >= 4 is 17.6 Å². The number of anilines is 1. The van der Waals surface area contributed by atoms with E-state index in [0.717, 1.165) is 5.56 Å². The van der Waals surface area contributed by atoms with E-state index in [4.69, 9.17) is 5.73 Å². The Hall–Kier alpha value is -4.29. The molecular weight excluding hydrogens is 483 g/mol. The number of hydrogen-bond donors (Lipinski definition) is 4. The van der Waals surface area contributed by atoms with Crippen molar-refractivity contribution in [2.45, 2.75) is 38.6 Å². The minimum atomic E-state index is -0.675. The first-order valence-corrected chi connectivity index (χ1v) is 12.5. The number of amides is 2. The van der Waals surface area contributed by atoms with Gasteiger partial charge in [0.25, 0.3) is 5.91 Å². The summed E-state index contributed by atoms with van der Waals surface area (Å²) in [6.45, 7) is 4.68. The van der Waals surface area contributed by atoms with E-state index in [-0.39, 0.29) is 24.2 Å². The van der Waals surface area contributed by atoms with Gasteiger partial charge in [-0.05, 0) is 69.1 Å². The highest BCUT2D eigenvalue weighted by Gasteiger charge is 2.23. The summed E-state index contributed by atoms with van der Waals surface area (Å²) < 4.78 is 13.6. The second-order valence-corrected chi connectivity index (χ2v) is 9.56. The van der Waals surface area contributed by atoms with Crippen LogP contribution in [0.1, 0.15) is 48.2 Å². The summed E-state index contributed by atoms with van der Waals surface area (Å²) in [6.07, 6.45) is 1.43. The minimum Gasteiger partial charge on any atom is -0.369 e. The zero-order valence-electron chi connectivity index (χ0n) is 21.7. The lowest BCUT2D eigenvalue weighted by Crippen LogP contribution is -2.51. The zero-order chi connectivity index (χ0) is 27.5. The molecule has 3 aromatic rings. The fraction of sp³-hybridized carbons (Fsp3) is 0.310. The summed E-state index contributed by atoms with van der Waals surface area (Å²) in [4.78, 5) is 30.0. The Morgan fingerprint density at radius 1 is 1.11 bits per heavy atom. The maximum absolute atomic E-state index is 13.6. The average Bonchev–Trinajstić information content (AvgIpc) is 2.90. The van der Waals surface area contributed by atoms with Crippen molar-refractivity contribution in [3.63, 3.8) is 0 Å². The maximum atomic E-state index is 13.6. The molecule has 9 heteroatoms. The maximum Gasteiger partial charge on any atom is 0.255 e. The van der Waals surface area contributed by atoms with Gasteiger partial charge in [-0.3, -0.25) is 9.59 Å². The van der Waals surface area contributed by atoms with Crippen LogP contribution >= 0.6 is 0 Å². The fourth-order valence-electron chi connectivity index (χ4n) is 3.89. The van der Waals surface area contributed by atoms with Crippen molar-refractivity contribution in [1.29, 1.82) is 5.26 Å². The molecule has 2 aromatic carbocycles. The zero-order valence-corrected chi connectivity index (χ0v) is 21.7. The van der Waals surface area contributed by atoms with Gasteiger partial charge in [-0.15, -0.1) is 0 Å². The van der Waals surface area contributed by atoms with Crippen molar-refractivity contribution in [3.05, 3.63) is 83.2 Å². The molecule has 0 atom stereocenters. The molecule has 198 valence electrons. The summed E-state index contributed by atoms with van der Waals surface area (Å²) >= 11 is 0. The Labute approximate surface area is 222 Å². The Morgan fingerprint density at radius 2 is 1.89 bits per heavy atom. The highest BCUT2D eigenvalue weighted by Crippen LogP contribution is 2.25. The molecule has 0 saturated carbocycles. The molecule has 38 heavy (non-hydrogen) atoms. The van der Waals surface area contributed by atoms with Crippen LogP contribution in [0.5, 0.6) is 0 Å². The molecule has 0 unspecified atom stereocenters. The predicted octanol–water partition coefficient (Wildman–Crippen LogP) is 3.78. The number of benzene rings is 2. The molecule has 0 aliphatic carbocycles. The van der Waals surface area contributed by atoms with Crippen LogP contribution in [0.25, 0.3) is 11.3 Å². The van der Waals surface area contributed by atoms with Gasteiger partial charge in [-0.2, -0.15) is 5.26 Å². The molecule has 0 aliphatic heterocycles. The van der Waals surface area contributed by atoms with Crippen LogP contribution in [0.3, 0.4) is 0 Å². The molecule has 0 fully saturated rings. The molecule has 0 radical (unpaired) electrons. The Balaban J connectivity index is 1.80. The number of nitrogens with zero attached hydrogens (tertiary/aromatic N) is 2. The number of nitriles is 1. The van der Waals surface area contributed by atoms with E-state index in [2.05, 4.69) is 27.0 Å². The lowest BCUT2D eigenvalue weighted by atomic mass is 10.0. The van der Waals surface area contributed by atoms with Gasteiger partial charge >= 0.3 is 0 Å². The predicted molar refractivity (Wildman–Crippen MR) is 146 cm³/mol. The number of aromatic nitrogens is 1. The van der Waals surface area contributed by atoms with E-state index < -0.39 is 5.54 Å².